The number of aliphatic hydroxyl groups is 1. The summed E-state index contributed by atoms with van der Waals surface area (Å²) in [7, 11) is 1.42. The van der Waals surface area contributed by atoms with Crippen molar-refractivity contribution in [3.05, 3.63) is 24.3 Å². The second-order valence-corrected chi connectivity index (χ2v) is 6.21. The summed E-state index contributed by atoms with van der Waals surface area (Å²) >= 11 is 1.74. The highest BCUT2D eigenvalue weighted by atomic mass is 32.2. The van der Waals surface area contributed by atoms with Gasteiger partial charge in [0.05, 0.1) is 18.2 Å². The van der Waals surface area contributed by atoms with Gasteiger partial charge in [-0.05, 0) is 18.2 Å². The molecule has 3 rings (SSSR count). The van der Waals surface area contributed by atoms with Gasteiger partial charge < -0.3 is 15.2 Å². The second-order valence-electron chi connectivity index (χ2n) is 5.11. The molecule has 0 spiro atoms. The van der Waals surface area contributed by atoms with Crippen molar-refractivity contribution in [3.8, 4) is 5.75 Å². The molecule has 7 heteroatoms. The highest BCUT2D eigenvalue weighted by Gasteiger charge is 2.31. The molecule has 2 N–H and O–H groups in total. The van der Waals surface area contributed by atoms with Gasteiger partial charge in [0, 0.05) is 23.8 Å². The molecule has 1 atom stereocenters. The molecule has 1 fully saturated rings. The van der Waals surface area contributed by atoms with Crippen LogP contribution in [0.25, 0.3) is 10.9 Å². The van der Waals surface area contributed by atoms with Crippen LogP contribution in [0.2, 0.25) is 0 Å². The SMILES string of the molecule is COc1cc2c(NCC3(O)CCSC3)ncnc2cc1F. The first kappa shape index (κ1) is 14.3. The van der Waals surface area contributed by atoms with E-state index in [9.17, 15) is 9.50 Å². The maximum absolute atomic E-state index is 13.7. The number of aromatic nitrogens is 2. The summed E-state index contributed by atoms with van der Waals surface area (Å²) in [6, 6.07) is 2.89. The van der Waals surface area contributed by atoms with Gasteiger partial charge in [0.25, 0.3) is 0 Å². The Morgan fingerprint density at radius 1 is 1.48 bits per heavy atom. The van der Waals surface area contributed by atoms with Gasteiger partial charge in [-0.2, -0.15) is 11.8 Å². The number of ether oxygens (including phenoxy) is 1. The molecular weight excluding hydrogens is 293 g/mol. The molecule has 1 aliphatic heterocycles. The Bertz CT molecular complexity index is 662. The first-order chi connectivity index (χ1) is 10.1. The van der Waals surface area contributed by atoms with Crippen molar-refractivity contribution in [1.29, 1.82) is 0 Å². The van der Waals surface area contributed by atoms with E-state index in [1.54, 1.807) is 17.8 Å². The number of halogens is 1. The van der Waals surface area contributed by atoms with Crippen molar-refractivity contribution in [2.24, 2.45) is 0 Å². The topological polar surface area (TPSA) is 67.3 Å². The standard InChI is InChI=1S/C14H16FN3O2S/c1-20-12-4-9-11(5-10(12)15)17-8-18-13(9)16-6-14(19)2-3-21-7-14/h4-5,8,19H,2-3,6-7H2,1H3,(H,16,17,18). The number of benzene rings is 1. The number of hydrogen-bond acceptors (Lipinski definition) is 6. The van der Waals surface area contributed by atoms with E-state index >= 15 is 0 Å². The zero-order valence-electron chi connectivity index (χ0n) is 11.6. The number of nitrogens with one attached hydrogen (secondary N) is 1. The highest BCUT2D eigenvalue weighted by Crippen LogP contribution is 2.30. The normalized spacial score (nSPS) is 21.7. The van der Waals surface area contributed by atoms with Crippen LogP contribution in [0.3, 0.4) is 0 Å². The van der Waals surface area contributed by atoms with Crippen LogP contribution < -0.4 is 10.1 Å². The van der Waals surface area contributed by atoms with E-state index in [-0.39, 0.29) is 5.75 Å². The van der Waals surface area contributed by atoms with Gasteiger partial charge in [0.15, 0.2) is 11.6 Å². The molecule has 112 valence electrons. The number of nitrogens with zero attached hydrogens (tertiary/aromatic N) is 2. The molecule has 0 amide bonds. The number of anilines is 1. The maximum atomic E-state index is 13.7. The van der Waals surface area contributed by atoms with Crippen LogP contribution in [0.5, 0.6) is 5.75 Å². The summed E-state index contributed by atoms with van der Waals surface area (Å²) in [4.78, 5) is 8.25. The minimum absolute atomic E-state index is 0.149. The number of fused-ring (bicyclic) bond motifs is 1. The van der Waals surface area contributed by atoms with Gasteiger partial charge >= 0.3 is 0 Å². The van der Waals surface area contributed by atoms with E-state index < -0.39 is 11.4 Å². The van der Waals surface area contributed by atoms with E-state index in [4.69, 9.17) is 4.74 Å². The van der Waals surface area contributed by atoms with Crippen LogP contribution in [0.4, 0.5) is 10.2 Å². The number of thioether (sulfide) groups is 1. The lowest BCUT2D eigenvalue weighted by Crippen LogP contribution is -2.36. The molecule has 1 saturated heterocycles. The monoisotopic (exact) mass is 309 g/mol. The molecule has 2 aromatic rings. The van der Waals surface area contributed by atoms with E-state index in [1.165, 1.54) is 19.5 Å². The van der Waals surface area contributed by atoms with Crippen molar-refractivity contribution >= 4 is 28.5 Å². The molecule has 1 aromatic heterocycles. The van der Waals surface area contributed by atoms with Crippen molar-refractivity contribution in [2.75, 3.05) is 30.5 Å². The fraction of sp³-hybridized carbons (Fsp3) is 0.429. The number of methoxy groups -OCH3 is 1. The lowest BCUT2D eigenvalue weighted by atomic mass is 10.0. The maximum Gasteiger partial charge on any atom is 0.167 e. The van der Waals surface area contributed by atoms with Gasteiger partial charge in [-0.25, -0.2) is 14.4 Å². The molecular formula is C14H16FN3O2S. The molecule has 0 radical (unpaired) electrons. The van der Waals surface area contributed by atoms with Crippen LogP contribution in [0.15, 0.2) is 18.5 Å². The average Bonchev–Trinajstić information content (AvgIpc) is 2.91. The minimum Gasteiger partial charge on any atom is -0.494 e. The molecule has 1 aromatic carbocycles. The van der Waals surface area contributed by atoms with Gasteiger partial charge in [0.1, 0.15) is 12.1 Å². The number of rotatable bonds is 4. The van der Waals surface area contributed by atoms with Crippen molar-refractivity contribution in [2.45, 2.75) is 12.0 Å². The summed E-state index contributed by atoms with van der Waals surface area (Å²) in [5, 5.41) is 14.2. The molecule has 5 nitrogen and oxygen atoms in total. The molecule has 2 heterocycles. The Labute approximate surface area is 125 Å². The van der Waals surface area contributed by atoms with E-state index in [0.29, 0.717) is 29.0 Å². The molecule has 0 bridgehead atoms. The molecule has 1 unspecified atom stereocenters. The van der Waals surface area contributed by atoms with Gasteiger partial charge in [-0.3, -0.25) is 0 Å². The summed E-state index contributed by atoms with van der Waals surface area (Å²) in [6.45, 7) is 0.409. The zero-order chi connectivity index (χ0) is 14.9. The van der Waals surface area contributed by atoms with Crippen molar-refractivity contribution in [1.82, 2.24) is 9.97 Å². The van der Waals surface area contributed by atoms with Crippen molar-refractivity contribution in [3.63, 3.8) is 0 Å². The Morgan fingerprint density at radius 3 is 3.05 bits per heavy atom. The van der Waals surface area contributed by atoms with Crippen LogP contribution in [-0.2, 0) is 0 Å². The third kappa shape index (κ3) is 2.89. The summed E-state index contributed by atoms with van der Waals surface area (Å²) in [6.07, 6.45) is 2.13. The smallest absolute Gasteiger partial charge is 0.167 e. The quantitative estimate of drug-likeness (QED) is 0.901. The predicted molar refractivity (Wildman–Crippen MR) is 81.4 cm³/mol. The van der Waals surface area contributed by atoms with Crippen LogP contribution in [0, 0.1) is 5.82 Å². The highest BCUT2D eigenvalue weighted by molar-refractivity contribution is 7.99. The minimum atomic E-state index is -0.716. The van der Waals surface area contributed by atoms with Crippen molar-refractivity contribution < 1.29 is 14.2 Å². The zero-order valence-corrected chi connectivity index (χ0v) is 12.4. The second kappa shape index (κ2) is 5.65. The van der Waals surface area contributed by atoms with Gasteiger partial charge in [0.2, 0.25) is 0 Å². The summed E-state index contributed by atoms with van der Waals surface area (Å²) in [5.41, 5.74) is -0.218. The first-order valence-electron chi connectivity index (χ1n) is 6.63. The largest absolute Gasteiger partial charge is 0.494 e. The third-order valence-corrected chi connectivity index (χ3v) is 4.81. The fourth-order valence-corrected chi connectivity index (χ4v) is 3.63. The van der Waals surface area contributed by atoms with E-state index in [2.05, 4.69) is 15.3 Å². The molecule has 0 saturated carbocycles. The van der Waals surface area contributed by atoms with Crippen LogP contribution >= 0.6 is 11.8 Å². The molecule has 1 aliphatic rings. The average molecular weight is 309 g/mol. The Morgan fingerprint density at radius 2 is 2.33 bits per heavy atom. The Balaban J connectivity index is 1.91. The van der Waals surface area contributed by atoms with Crippen LogP contribution in [-0.4, -0.2) is 45.8 Å². The molecule has 0 aliphatic carbocycles. The Kier molecular flexibility index (Phi) is 3.86. The summed E-state index contributed by atoms with van der Waals surface area (Å²) in [5.74, 6) is 1.93. The van der Waals surface area contributed by atoms with Gasteiger partial charge in [-0.15, -0.1) is 0 Å². The van der Waals surface area contributed by atoms with Crippen LogP contribution in [0.1, 0.15) is 6.42 Å². The fourth-order valence-electron chi connectivity index (χ4n) is 2.34. The number of hydrogen-bond donors (Lipinski definition) is 2. The lowest BCUT2D eigenvalue weighted by molar-refractivity contribution is 0.0819. The lowest BCUT2D eigenvalue weighted by Gasteiger charge is -2.22. The van der Waals surface area contributed by atoms with E-state index in [1.807, 2.05) is 0 Å². The third-order valence-electron chi connectivity index (χ3n) is 3.58. The molecule has 21 heavy (non-hydrogen) atoms. The first-order valence-corrected chi connectivity index (χ1v) is 7.79. The Hall–Kier alpha value is -1.60. The van der Waals surface area contributed by atoms with Gasteiger partial charge in [-0.1, -0.05) is 0 Å². The van der Waals surface area contributed by atoms with E-state index in [0.717, 1.165) is 12.2 Å². The summed E-state index contributed by atoms with van der Waals surface area (Å²) < 4.78 is 18.7. The predicted octanol–water partition coefficient (Wildman–Crippen LogP) is 2.06.